The topological polar surface area (TPSA) is 48.5 Å². The normalized spacial score (nSPS) is 23.6. The van der Waals surface area contributed by atoms with E-state index in [1.807, 2.05) is 23.1 Å². The standard InChI is InChI=1S/C11H13BrN4O/c12-9-2-1-3-10(14-9)15-4-5-16-8(7-15)6-13-11(16)17/h1-3,8H,4-7H2,(H,13,17). The van der Waals surface area contributed by atoms with Gasteiger partial charge in [-0.25, -0.2) is 9.78 Å². The van der Waals surface area contributed by atoms with Gasteiger partial charge in [-0.05, 0) is 28.1 Å². The fourth-order valence-electron chi connectivity index (χ4n) is 2.39. The summed E-state index contributed by atoms with van der Waals surface area (Å²) in [7, 11) is 0. The Morgan fingerprint density at radius 2 is 2.29 bits per heavy atom. The third kappa shape index (κ3) is 1.97. The van der Waals surface area contributed by atoms with Crippen molar-refractivity contribution in [2.24, 2.45) is 0 Å². The zero-order valence-electron chi connectivity index (χ0n) is 9.27. The molecular weight excluding hydrogens is 284 g/mol. The molecule has 3 rings (SSSR count). The Morgan fingerprint density at radius 1 is 1.41 bits per heavy atom. The van der Waals surface area contributed by atoms with Gasteiger partial charge in [0.2, 0.25) is 0 Å². The number of amides is 2. The van der Waals surface area contributed by atoms with Crippen LogP contribution in [0, 0.1) is 0 Å². The second-order valence-corrected chi connectivity index (χ2v) is 5.11. The number of anilines is 1. The van der Waals surface area contributed by atoms with Gasteiger partial charge in [-0.15, -0.1) is 0 Å². The van der Waals surface area contributed by atoms with Crippen molar-refractivity contribution in [2.45, 2.75) is 6.04 Å². The fraction of sp³-hybridized carbons (Fsp3) is 0.455. The average molecular weight is 297 g/mol. The van der Waals surface area contributed by atoms with E-state index in [9.17, 15) is 4.79 Å². The highest BCUT2D eigenvalue weighted by Gasteiger charge is 2.35. The molecular formula is C11H13BrN4O. The fourth-order valence-corrected chi connectivity index (χ4v) is 2.72. The van der Waals surface area contributed by atoms with Gasteiger partial charge in [-0.2, -0.15) is 0 Å². The summed E-state index contributed by atoms with van der Waals surface area (Å²) < 4.78 is 0.845. The van der Waals surface area contributed by atoms with E-state index in [2.05, 4.69) is 31.1 Å². The zero-order chi connectivity index (χ0) is 11.8. The predicted octanol–water partition coefficient (Wildman–Crippen LogP) is 1.06. The molecule has 1 atom stereocenters. The van der Waals surface area contributed by atoms with Gasteiger partial charge < -0.3 is 15.1 Å². The number of urea groups is 1. The minimum Gasteiger partial charge on any atom is -0.353 e. The van der Waals surface area contributed by atoms with Gasteiger partial charge in [0.25, 0.3) is 0 Å². The van der Waals surface area contributed by atoms with Gasteiger partial charge in [0.15, 0.2) is 0 Å². The molecule has 17 heavy (non-hydrogen) atoms. The highest BCUT2D eigenvalue weighted by Crippen LogP contribution is 2.20. The van der Waals surface area contributed by atoms with Crippen LogP contribution in [-0.2, 0) is 0 Å². The number of nitrogens with zero attached hydrogens (tertiary/aromatic N) is 3. The molecule has 0 bridgehead atoms. The first-order valence-electron chi connectivity index (χ1n) is 5.66. The summed E-state index contributed by atoms with van der Waals surface area (Å²) >= 11 is 3.38. The van der Waals surface area contributed by atoms with E-state index >= 15 is 0 Å². The molecule has 0 spiro atoms. The Balaban J connectivity index is 1.77. The lowest BCUT2D eigenvalue weighted by Crippen LogP contribution is -2.52. The number of hydrogen-bond donors (Lipinski definition) is 1. The maximum absolute atomic E-state index is 11.5. The number of nitrogens with one attached hydrogen (secondary N) is 1. The minimum atomic E-state index is 0.0665. The lowest BCUT2D eigenvalue weighted by atomic mass is 10.2. The molecule has 2 saturated heterocycles. The van der Waals surface area contributed by atoms with Gasteiger partial charge >= 0.3 is 6.03 Å². The van der Waals surface area contributed by atoms with Crippen molar-refractivity contribution in [3.8, 4) is 0 Å². The second kappa shape index (κ2) is 4.18. The summed E-state index contributed by atoms with van der Waals surface area (Å²) in [5.74, 6) is 0.971. The minimum absolute atomic E-state index is 0.0665. The van der Waals surface area contributed by atoms with Crippen LogP contribution < -0.4 is 10.2 Å². The molecule has 2 amide bonds. The lowest BCUT2D eigenvalue weighted by molar-refractivity contribution is 0.197. The van der Waals surface area contributed by atoms with Crippen LogP contribution in [0.3, 0.4) is 0 Å². The van der Waals surface area contributed by atoms with Crippen LogP contribution in [0.1, 0.15) is 0 Å². The number of hydrogen-bond acceptors (Lipinski definition) is 3. The van der Waals surface area contributed by atoms with Crippen molar-refractivity contribution in [1.29, 1.82) is 0 Å². The molecule has 1 aromatic heterocycles. The summed E-state index contributed by atoms with van der Waals surface area (Å²) in [4.78, 5) is 20.1. The van der Waals surface area contributed by atoms with Crippen LogP contribution >= 0.6 is 15.9 Å². The molecule has 90 valence electrons. The molecule has 1 aromatic rings. The first-order valence-corrected chi connectivity index (χ1v) is 6.45. The molecule has 0 radical (unpaired) electrons. The molecule has 2 aliphatic heterocycles. The molecule has 5 nitrogen and oxygen atoms in total. The molecule has 1 unspecified atom stereocenters. The van der Waals surface area contributed by atoms with Crippen LogP contribution in [0.15, 0.2) is 22.8 Å². The number of carbonyl (C=O) groups is 1. The van der Waals surface area contributed by atoms with E-state index in [1.165, 1.54) is 0 Å². The van der Waals surface area contributed by atoms with Crippen LogP contribution in [0.2, 0.25) is 0 Å². The van der Waals surface area contributed by atoms with Crippen molar-refractivity contribution < 1.29 is 4.79 Å². The van der Waals surface area contributed by atoms with E-state index in [1.54, 1.807) is 0 Å². The SMILES string of the molecule is O=C1NCC2CN(c3cccc(Br)n3)CCN12. The number of carbonyl (C=O) groups excluding carboxylic acids is 1. The average Bonchev–Trinajstić information content (AvgIpc) is 2.71. The molecule has 1 N–H and O–H groups in total. The molecule has 0 aliphatic carbocycles. The second-order valence-electron chi connectivity index (χ2n) is 4.30. The molecule has 2 aliphatic rings. The third-order valence-corrected chi connectivity index (χ3v) is 3.70. The number of pyridine rings is 1. The van der Waals surface area contributed by atoms with Gasteiger partial charge in [0.1, 0.15) is 10.4 Å². The summed E-state index contributed by atoms with van der Waals surface area (Å²) in [5, 5.41) is 2.88. The maximum Gasteiger partial charge on any atom is 0.317 e. The summed E-state index contributed by atoms with van der Waals surface area (Å²) in [6.45, 7) is 3.20. The molecule has 0 saturated carbocycles. The van der Waals surface area contributed by atoms with Crippen molar-refractivity contribution in [1.82, 2.24) is 15.2 Å². The Bertz CT molecular complexity index is 453. The van der Waals surface area contributed by atoms with Crippen molar-refractivity contribution in [2.75, 3.05) is 31.1 Å². The highest BCUT2D eigenvalue weighted by atomic mass is 79.9. The highest BCUT2D eigenvalue weighted by molar-refractivity contribution is 9.10. The van der Waals surface area contributed by atoms with E-state index in [0.717, 1.165) is 36.6 Å². The van der Waals surface area contributed by atoms with Gasteiger partial charge in [-0.1, -0.05) is 6.07 Å². The number of halogens is 1. The van der Waals surface area contributed by atoms with E-state index < -0.39 is 0 Å². The number of fused-ring (bicyclic) bond motifs is 1. The summed E-state index contributed by atoms with van der Waals surface area (Å²) in [6.07, 6.45) is 0. The van der Waals surface area contributed by atoms with E-state index in [0.29, 0.717) is 0 Å². The van der Waals surface area contributed by atoms with Gasteiger partial charge in [-0.3, -0.25) is 0 Å². The predicted molar refractivity (Wildman–Crippen MR) is 68.0 cm³/mol. The zero-order valence-corrected chi connectivity index (χ0v) is 10.9. The smallest absolute Gasteiger partial charge is 0.317 e. The first-order chi connectivity index (χ1) is 8.24. The molecule has 6 heteroatoms. The Kier molecular flexibility index (Phi) is 2.66. The third-order valence-electron chi connectivity index (χ3n) is 3.26. The quantitative estimate of drug-likeness (QED) is 0.789. The van der Waals surface area contributed by atoms with Crippen LogP contribution in [0.25, 0.3) is 0 Å². The summed E-state index contributed by atoms with van der Waals surface area (Å²) in [5.41, 5.74) is 0. The molecule has 2 fully saturated rings. The number of rotatable bonds is 1. The van der Waals surface area contributed by atoms with Gasteiger partial charge in [0, 0.05) is 26.2 Å². The van der Waals surface area contributed by atoms with Crippen LogP contribution in [0.5, 0.6) is 0 Å². The Hall–Kier alpha value is -1.30. The van der Waals surface area contributed by atoms with E-state index in [4.69, 9.17) is 0 Å². The molecule has 0 aromatic carbocycles. The Morgan fingerprint density at radius 3 is 3.12 bits per heavy atom. The van der Waals surface area contributed by atoms with Crippen LogP contribution in [-0.4, -0.2) is 48.1 Å². The Labute approximate surface area is 108 Å². The van der Waals surface area contributed by atoms with Gasteiger partial charge in [0.05, 0.1) is 6.04 Å². The number of aromatic nitrogens is 1. The van der Waals surface area contributed by atoms with Crippen LogP contribution in [0.4, 0.5) is 10.6 Å². The maximum atomic E-state index is 11.5. The van der Waals surface area contributed by atoms with Crippen molar-refractivity contribution in [3.05, 3.63) is 22.8 Å². The summed E-state index contributed by atoms with van der Waals surface area (Å²) in [6, 6.07) is 6.25. The molecule has 3 heterocycles. The van der Waals surface area contributed by atoms with E-state index in [-0.39, 0.29) is 12.1 Å². The largest absolute Gasteiger partial charge is 0.353 e. The first kappa shape index (κ1) is 10.8. The van der Waals surface area contributed by atoms with Crippen molar-refractivity contribution >= 4 is 27.8 Å². The lowest BCUT2D eigenvalue weighted by Gasteiger charge is -2.37. The number of piperazine rings is 1. The monoisotopic (exact) mass is 296 g/mol. The van der Waals surface area contributed by atoms with Crippen molar-refractivity contribution in [3.63, 3.8) is 0 Å².